The van der Waals surface area contributed by atoms with E-state index >= 15 is 0 Å². The summed E-state index contributed by atoms with van der Waals surface area (Å²) in [6.45, 7) is 2.76. The summed E-state index contributed by atoms with van der Waals surface area (Å²) in [4.78, 5) is 13.3. The highest BCUT2D eigenvalue weighted by molar-refractivity contribution is 7.91. The monoisotopic (exact) mass is 234 g/mol. The minimum Gasteiger partial charge on any atom is -0.338 e. The number of rotatable bonds is 3. The fourth-order valence-corrected chi connectivity index (χ4v) is 3.30. The van der Waals surface area contributed by atoms with Crippen molar-refractivity contribution in [2.45, 2.75) is 19.4 Å². The first kappa shape index (κ1) is 12.4. The number of carbonyl (C=O) groups is 1. The van der Waals surface area contributed by atoms with E-state index in [4.69, 9.17) is 0 Å². The quantitative estimate of drug-likeness (QED) is 0.697. The van der Waals surface area contributed by atoms with Crippen molar-refractivity contribution in [3.63, 3.8) is 0 Å². The summed E-state index contributed by atoms with van der Waals surface area (Å²) >= 11 is 0. The highest BCUT2D eigenvalue weighted by Gasteiger charge is 2.30. The van der Waals surface area contributed by atoms with E-state index in [9.17, 15) is 13.2 Å². The summed E-state index contributed by atoms with van der Waals surface area (Å²) in [6, 6.07) is -0.187. The Morgan fingerprint density at radius 3 is 2.73 bits per heavy atom. The van der Waals surface area contributed by atoms with E-state index in [2.05, 4.69) is 5.32 Å². The minimum atomic E-state index is -2.93. The summed E-state index contributed by atoms with van der Waals surface area (Å²) < 4.78 is 22.6. The number of carbonyl (C=O) groups excluding carboxylic acids is 1. The summed E-state index contributed by atoms with van der Waals surface area (Å²) in [7, 11) is -1.14. The van der Waals surface area contributed by atoms with Gasteiger partial charge in [0.1, 0.15) is 0 Å². The molecule has 1 N–H and O–H groups in total. The molecule has 1 heterocycles. The van der Waals surface area contributed by atoms with Gasteiger partial charge in [0, 0.05) is 25.6 Å². The van der Waals surface area contributed by atoms with Crippen molar-refractivity contribution >= 4 is 15.7 Å². The number of sulfone groups is 1. The summed E-state index contributed by atoms with van der Waals surface area (Å²) in [6.07, 6.45) is 0.431. The van der Waals surface area contributed by atoms with Crippen LogP contribution in [-0.2, 0) is 14.6 Å². The molecule has 0 aromatic rings. The standard InChI is InChI=1S/C9H18N2O3S/c1-8-7-15(13,14)6-5-11(8)9(12)3-4-10-2/h8,10H,3-7H2,1-2H3. The van der Waals surface area contributed by atoms with Gasteiger partial charge in [0.2, 0.25) is 5.91 Å². The average Bonchev–Trinajstić information content (AvgIpc) is 2.12. The van der Waals surface area contributed by atoms with Crippen LogP contribution in [0.4, 0.5) is 0 Å². The second-order valence-electron chi connectivity index (χ2n) is 3.90. The van der Waals surface area contributed by atoms with Gasteiger partial charge in [-0.15, -0.1) is 0 Å². The summed E-state index contributed by atoms with van der Waals surface area (Å²) in [5, 5.41) is 2.90. The Kier molecular flexibility index (Phi) is 4.10. The number of amides is 1. The van der Waals surface area contributed by atoms with Crippen molar-refractivity contribution in [2.24, 2.45) is 0 Å². The van der Waals surface area contributed by atoms with Crippen LogP contribution in [0.5, 0.6) is 0 Å². The van der Waals surface area contributed by atoms with Crippen LogP contribution in [0.3, 0.4) is 0 Å². The van der Waals surface area contributed by atoms with Gasteiger partial charge >= 0.3 is 0 Å². The van der Waals surface area contributed by atoms with Gasteiger partial charge in [0.15, 0.2) is 9.84 Å². The van der Waals surface area contributed by atoms with Crippen molar-refractivity contribution in [1.82, 2.24) is 10.2 Å². The highest BCUT2D eigenvalue weighted by Crippen LogP contribution is 2.12. The van der Waals surface area contributed by atoms with E-state index in [-0.39, 0.29) is 23.5 Å². The molecule has 0 aliphatic carbocycles. The maximum absolute atomic E-state index is 11.7. The van der Waals surface area contributed by atoms with E-state index in [1.54, 1.807) is 18.9 Å². The second kappa shape index (κ2) is 4.94. The van der Waals surface area contributed by atoms with E-state index in [0.717, 1.165) is 0 Å². The highest BCUT2D eigenvalue weighted by atomic mass is 32.2. The number of nitrogens with zero attached hydrogens (tertiary/aromatic N) is 1. The summed E-state index contributed by atoms with van der Waals surface area (Å²) in [5.74, 6) is 0.229. The van der Waals surface area contributed by atoms with Gasteiger partial charge in [0.05, 0.1) is 11.5 Å². The maximum atomic E-state index is 11.7. The lowest BCUT2D eigenvalue weighted by atomic mass is 10.2. The topological polar surface area (TPSA) is 66.5 Å². The molecule has 1 aliphatic heterocycles. The van der Waals surface area contributed by atoms with Crippen LogP contribution in [0.15, 0.2) is 0 Å². The fraction of sp³-hybridized carbons (Fsp3) is 0.889. The molecule has 15 heavy (non-hydrogen) atoms. The molecular formula is C9H18N2O3S. The zero-order valence-corrected chi connectivity index (χ0v) is 10.0. The predicted molar refractivity (Wildman–Crippen MR) is 58.4 cm³/mol. The van der Waals surface area contributed by atoms with Crippen LogP contribution < -0.4 is 5.32 Å². The van der Waals surface area contributed by atoms with Gasteiger partial charge < -0.3 is 10.2 Å². The lowest BCUT2D eigenvalue weighted by molar-refractivity contribution is -0.132. The SMILES string of the molecule is CNCCC(=O)N1CCS(=O)(=O)CC1C. The van der Waals surface area contributed by atoms with Crippen LogP contribution in [0.2, 0.25) is 0 Å². The Hall–Kier alpha value is -0.620. The molecule has 1 unspecified atom stereocenters. The molecule has 1 rings (SSSR count). The Labute approximate surface area is 90.7 Å². The first-order valence-corrected chi connectivity index (χ1v) is 6.93. The Bertz CT molecular complexity index is 326. The molecule has 0 spiro atoms. The van der Waals surface area contributed by atoms with E-state index in [1.165, 1.54) is 0 Å². The van der Waals surface area contributed by atoms with E-state index < -0.39 is 9.84 Å². The molecule has 88 valence electrons. The fourth-order valence-electron chi connectivity index (χ4n) is 1.74. The molecule has 1 atom stereocenters. The normalized spacial score (nSPS) is 25.2. The molecule has 0 bridgehead atoms. The predicted octanol–water partition coefficient (Wildman–Crippen LogP) is -0.759. The van der Waals surface area contributed by atoms with Crippen molar-refractivity contribution in [2.75, 3.05) is 31.6 Å². The van der Waals surface area contributed by atoms with Gasteiger partial charge in [0.25, 0.3) is 0 Å². The van der Waals surface area contributed by atoms with Crippen molar-refractivity contribution in [1.29, 1.82) is 0 Å². The van der Waals surface area contributed by atoms with Crippen LogP contribution in [0.1, 0.15) is 13.3 Å². The van der Waals surface area contributed by atoms with E-state index in [1.807, 2.05) is 0 Å². The molecule has 1 fully saturated rings. The first-order valence-electron chi connectivity index (χ1n) is 5.11. The van der Waals surface area contributed by atoms with Crippen molar-refractivity contribution in [3.8, 4) is 0 Å². The number of hydrogen-bond acceptors (Lipinski definition) is 4. The summed E-state index contributed by atoms with van der Waals surface area (Å²) in [5.41, 5.74) is 0. The third-order valence-corrected chi connectivity index (χ3v) is 4.37. The van der Waals surface area contributed by atoms with Crippen LogP contribution in [0, 0.1) is 0 Å². The van der Waals surface area contributed by atoms with Gasteiger partial charge in [-0.3, -0.25) is 4.79 Å². The van der Waals surface area contributed by atoms with E-state index in [0.29, 0.717) is 19.5 Å². The van der Waals surface area contributed by atoms with Gasteiger partial charge in [-0.25, -0.2) is 8.42 Å². The van der Waals surface area contributed by atoms with Crippen LogP contribution in [-0.4, -0.2) is 56.9 Å². The van der Waals surface area contributed by atoms with Crippen LogP contribution >= 0.6 is 0 Å². The van der Waals surface area contributed by atoms with Crippen LogP contribution in [0.25, 0.3) is 0 Å². The maximum Gasteiger partial charge on any atom is 0.224 e. The number of nitrogens with one attached hydrogen (secondary N) is 1. The smallest absolute Gasteiger partial charge is 0.224 e. The molecule has 0 aromatic heterocycles. The van der Waals surface area contributed by atoms with Gasteiger partial charge in [-0.1, -0.05) is 0 Å². The zero-order chi connectivity index (χ0) is 11.5. The molecule has 0 saturated carbocycles. The lowest BCUT2D eigenvalue weighted by Crippen LogP contribution is -2.50. The lowest BCUT2D eigenvalue weighted by Gasteiger charge is -2.33. The van der Waals surface area contributed by atoms with Crippen molar-refractivity contribution < 1.29 is 13.2 Å². The molecule has 0 aromatic carbocycles. The Balaban J connectivity index is 2.54. The van der Waals surface area contributed by atoms with Gasteiger partial charge in [-0.05, 0) is 14.0 Å². The molecule has 1 amide bonds. The largest absolute Gasteiger partial charge is 0.338 e. The first-order chi connectivity index (χ1) is 6.96. The molecule has 5 nitrogen and oxygen atoms in total. The van der Waals surface area contributed by atoms with Crippen molar-refractivity contribution in [3.05, 3.63) is 0 Å². The Morgan fingerprint density at radius 2 is 2.20 bits per heavy atom. The number of hydrogen-bond donors (Lipinski definition) is 1. The molecule has 1 saturated heterocycles. The molecule has 1 aliphatic rings. The molecule has 0 radical (unpaired) electrons. The van der Waals surface area contributed by atoms with Gasteiger partial charge in [-0.2, -0.15) is 0 Å². The second-order valence-corrected chi connectivity index (χ2v) is 6.13. The zero-order valence-electron chi connectivity index (χ0n) is 9.19. The molecular weight excluding hydrogens is 216 g/mol. The third kappa shape index (κ3) is 3.46. The Morgan fingerprint density at radius 1 is 1.53 bits per heavy atom. The molecule has 6 heteroatoms. The average molecular weight is 234 g/mol. The minimum absolute atomic E-state index is 0.0340. The third-order valence-electron chi connectivity index (χ3n) is 2.58.